The number of esters is 1. The molecular weight excluding hydrogens is 441 g/mol. The first-order valence-corrected chi connectivity index (χ1v) is 19.7. The van der Waals surface area contributed by atoms with Crippen molar-refractivity contribution in [3.05, 3.63) is 23.3 Å². The van der Waals surface area contributed by atoms with Gasteiger partial charge in [0.15, 0.2) is 0 Å². The molecule has 2 nitrogen and oxygen atoms in total. The number of ether oxygens (including phenoxy) is 1. The van der Waals surface area contributed by atoms with E-state index in [4.69, 9.17) is 4.74 Å². The van der Waals surface area contributed by atoms with Crippen LogP contribution in [0.3, 0.4) is 0 Å². The molecule has 0 atom stereocenters. The molecule has 2 heterocycles. The molecule has 164 valence electrons. The van der Waals surface area contributed by atoms with E-state index in [-0.39, 0.29) is 5.97 Å². The average molecular weight is 477 g/mol. The number of benzene rings is 1. The molecule has 3 rings (SSSR count). The molecule has 30 heavy (non-hydrogen) atoms. The summed E-state index contributed by atoms with van der Waals surface area (Å²) >= 11 is 3.90. The minimum absolute atomic E-state index is 0.173. The van der Waals surface area contributed by atoms with Gasteiger partial charge >= 0.3 is 5.97 Å². The molecule has 0 saturated heterocycles. The Morgan fingerprint density at radius 3 is 1.90 bits per heavy atom. The number of unbranched alkanes of at least 4 members (excludes halogenated alkanes) is 3. The van der Waals surface area contributed by atoms with Crippen LogP contribution in [0.25, 0.3) is 20.2 Å². The average Bonchev–Trinajstić information content (AvgIpc) is 3.28. The van der Waals surface area contributed by atoms with E-state index in [1.54, 1.807) is 0 Å². The van der Waals surface area contributed by atoms with Gasteiger partial charge in [-0.25, -0.2) is 4.79 Å². The predicted octanol–water partition coefficient (Wildman–Crippen LogP) is 7.12. The first kappa shape index (κ1) is 23.7. The first-order valence-electron chi connectivity index (χ1n) is 11.1. The standard InChI is InChI=1S/C24H36O2S2Si2/c1-9-10-11-12-13-16-17-14-19(29(3,4)5)27-22(17)23-18(21(16)24(25)26-2)15-20(28-23)30(6,7)8/h14-15H,9-13H2,1-8H3. The summed E-state index contributed by atoms with van der Waals surface area (Å²) in [6.07, 6.45) is 5.77. The molecule has 0 unspecified atom stereocenters. The topological polar surface area (TPSA) is 26.3 Å². The SMILES string of the molecule is CCCCCCc1c(C(=O)OC)c2cc([Si](C)(C)C)sc2c2sc([Si](C)(C)C)cc12. The molecule has 6 heteroatoms. The molecule has 0 N–H and O–H groups in total. The lowest BCUT2D eigenvalue weighted by atomic mass is 9.95. The van der Waals surface area contributed by atoms with Crippen LogP contribution in [0.15, 0.2) is 12.1 Å². The molecule has 0 aliphatic heterocycles. The summed E-state index contributed by atoms with van der Waals surface area (Å²) in [5.74, 6) is -0.173. The van der Waals surface area contributed by atoms with Gasteiger partial charge in [-0.1, -0.05) is 65.5 Å². The second-order valence-electron chi connectivity index (χ2n) is 10.4. The highest BCUT2D eigenvalue weighted by Gasteiger charge is 2.28. The summed E-state index contributed by atoms with van der Waals surface area (Å²) in [6, 6.07) is 4.74. The van der Waals surface area contributed by atoms with Gasteiger partial charge in [0, 0.05) is 5.39 Å². The van der Waals surface area contributed by atoms with Crippen molar-refractivity contribution in [2.45, 2.75) is 78.3 Å². The Morgan fingerprint density at radius 1 is 0.867 bits per heavy atom. The molecule has 2 aromatic heterocycles. The van der Waals surface area contributed by atoms with Crippen molar-refractivity contribution >= 4 is 74.0 Å². The second-order valence-corrected chi connectivity index (χ2v) is 23.3. The van der Waals surface area contributed by atoms with Crippen LogP contribution in [0.1, 0.15) is 48.5 Å². The van der Waals surface area contributed by atoms with Crippen LogP contribution in [-0.2, 0) is 11.2 Å². The Bertz CT molecular complexity index is 1070. The maximum absolute atomic E-state index is 13.0. The molecule has 0 aliphatic rings. The van der Waals surface area contributed by atoms with Crippen molar-refractivity contribution in [3.8, 4) is 0 Å². The van der Waals surface area contributed by atoms with Crippen LogP contribution < -0.4 is 9.00 Å². The van der Waals surface area contributed by atoms with Gasteiger partial charge in [-0.15, -0.1) is 22.7 Å². The van der Waals surface area contributed by atoms with Gasteiger partial charge in [0.2, 0.25) is 0 Å². The highest BCUT2D eigenvalue weighted by Crippen LogP contribution is 2.40. The Balaban J connectivity index is 2.36. The lowest BCUT2D eigenvalue weighted by Gasteiger charge is -2.13. The van der Waals surface area contributed by atoms with Crippen molar-refractivity contribution in [1.82, 2.24) is 0 Å². The summed E-state index contributed by atoms with van der Waals surface area (Å²) in [7, 11) is -1.39. The third-order valence-electron chi connectivity index (χ3n) is 5.71. The van der Waals surface area contributed by atoms with Crippen LogP contribution in [0.4, 0.5) is 0 Å². The lowest BCUT2D eigenvalue weighted by Crippen LogP contribution is -2.34. The van der Waals surface area contributed by atoms with E-state index in [0.29, 0.717) is 0 Å². The Labute approximate surface area is 191 Å². The van der Waals surface area contributed by atoms with E-state index in [0.717, 1.165) is 23.8 Å². The molecule has 1 aromatic carbocycles. The Kier molecular flexibility index (Phi) is 7.02. The van der Waals surface area contributed by atoms with Crippen LogP contribution in [-0.4, -0.2) is 29.2 Å². The predicted molar refractivity (Wildman–Crippen MR) is 142 cm³/mol. The summed E-state index contributed by atoms with van der Waals surface area (Å²) in [6.45, 7) is 16.7. The number of methoxy groups -OCH3 is 1. The first-order chi connectivity index (χ1) is 14.0. The van der Waals surface area contributed by atoms with Crippen molar-refractivity contribution in [1.29, 1.82) is 0 Å². The van der Waals surface area contributed by atoms with Crippen molar-refractivity contribution in [3.63, 3.8) is 0 Å². The minimum Gasteiger partial charge on any atom is -0.465 e. The minimum atomic E-state index is -1.48. The molecule has 0 spiro atoms. The zero-order chi connectivity index (χ0) is 22.3. The van der Waals surface area contributed by atoms with Gasteiger partial charge in [-0.05, 0) is 44.9 Å². The number of fused-ring (bicyclic) bond motifs is 3. The van der Waals surface area contributed by atoms with Crippen molar-refractivity contribution in [2.75, 3.05) is 7.11 Å². The quantitative estimate of drug-likeness (QED) is 0.197. The van der Waals surface area contributed by atoms with E-state index < -0.39 is 16.1 Å². The number of hydrogen-bond acceptors (Lipinski definition) is 4. The van der Waals surface area contributed by atoms with Crippen LogP contribution in [0.5, 0.6) is 0 Å². The third-order valence-corrected chi connectivity index (χ3v) is 15.3. The third kappa shape index (κ3) is 4.62. The number of hydrogen-bond donors (Lipinski definition) is 0. The molecular formula is C24H36O2S2Si2. The van der Waals surface area contributed by atoms with Gasteiger partial charge in [0.05, 0.1) is 38.2 Å². The molecule has 0 bridgehead atoms. The fourth-order valence-corrected chi connectivity index (χ4v) is 10.1. The van der Waals surface area contributed by atoms with Crippen LogP contribution in [0, 0.1) is 0 Å². The normalized spacial score (nSPS) is 12.8. The highest BCUT2D eigenvalue weighted by atomic mass is 32.1. The Morgan fingerprint density at radius 2 is 1.40 bits per heavy atom. The monoisotopic (exact) mass is 476 g/mol. The van der Waals surface area contributed by atoms with Gasteiger partial charge in [0.25, 0.3) is 0 Å². The zero-order valence-corrected chi connectivity index (χ0v) is 23.5. The van der Waals surface area contributed by atoms with Gasteiger partial charge < -0.3 is 4.74 Å². The maximum Gasteiger partial charge on any atom is 0.338 e. The summed E-state index contributed by atoms with van der Waals surface area (Å²) < 4.78 is 11.0. The molecule has 0 fully saturated rings. The maximum atomic E-state index is 13.0. The summed E-state index contributed by atoms with van der Waals surface area (Å²) in [4.78, 5) is 13.0. The number of carbonyl (C=O) groups excluding carboxylic acids is 1. The molecule has 0 aliphatic carbocycles. The van der Waals surface area contributed by atoms with Crippen molar-refractivity contribution < 1.29 is 9.53 Å². The fraction of sp³-hybridized carbons (Fsp3) is 0.542. The molecule has 0 saturated carbocycles. The molecule has 0 amide bonds. The van der Waals surface area contributed by atoms with E-state index in [1.807, 2.05) is 22.7 Å². The molecule has 3 aromatic rings. The smallest absolute Gasteiger partial charge is 0.338 e. The lowest BCUT2D eigenvalue weighted by molar-refractivity contribution is 0.0602. The van der Waals surface area contributed by atoms with Crippen LogP contribution >= 0.6 is 22.7 Å². The second kappa shape index (κ2) is 8.89. The van der Waals surface area contributed by atoms with E-state index >= 15 is 0 Å². The zero-order valence-electron chi connectivity index (χ0n) is 19.8. The fourth-order valence-electron chi connectivity index (χ4n) is 3.89. The van der Waals surface area contributed by atoms with E-state index in [2.05, 4.69) is 58.3 Å². The highest BCUT2D eigenvalue weighted by molar-refractivity contribution is 7.37. The van der Waals surface area contributed by atoms with Gasteiger partial charge in [-0.2, -0.15) is 0 Å². The summed E-state index contributed by atoms with van der Waals surface area (Å²) in [5, 5.41) is 2.44. The number of carbonyl (C=O) groups is 1. The number of thiophene rings is 2. The van der Waals surface area contributed by atoms with Crippen LogP contribution in [0.2, 0.25) is 39.3 Å². The number of aryl methyl sites for hydroxylation is 1. The van der Waals surface area contributed by atoms with E-state index in [1.165, 1.54) is 55.7 Å². The van der Waals surface area contributed by atoms with Gasteiger partial charge in [0.1, 0.15) is 0 Å². The molecule has 0 radical (unpaired) electrons. The van der Waals surface area contributed by atoms with Crippen molar-refractivity contribution in [2.24, 2.45) is 0 Å². The number of rotatable bonds is 8. The Hall–Kier alpha value is -0.956. The van der Waals surface area contributed by atoms with Gasteiger partial charge in [-0.3, -0.25) is 0 Å². The largest absolute Gasteiger partial charge is 0.465 e. The summed E-state index contributed by atoms with van der Waals surface area (Å²) in [5.41, 5.74) is 2.05. The van der Waals surface area contributed by atoms with E-state index in [9.17, 15) is 4.79 Å².